The molecule has 1 rings (SSSR count). The number of morpholine rings is 1. The molecule has 1 fully saturated rings. The van der Waals surface area contributed by atoms with Crippen molar-refractivity contribution in [2.45, 2.75) is 26.8 Å². The number of aliphatic carboxylic acids is 1. The van der Waals surface area contributed by atoms with Crippen LogP contribution in [-0.4, -0.2) is 47.7 Å². The fourth-order valence-electron chi connectivity index (χ4n) is 1.48. The Morgan fingerprint density at radius 1 is 1.47 bits per heavy atom. The van der Waals surface area contributed by atoms with Crippen molar-refractivity contribution in [1.29, 1.82) is 0 Å². The average molecular weight is 215 g/mol. The Morgan fingerprint density at radius 3 is 2.53 bits per heavy atom. The molecule has 5 nitrogen and oxygen atoms in total. The number of nitrogens with zero attached hydrogens (tertiary/aromatic N) is 1. The number of hydrogen-bond donors (Lipinski definition) is 1. The molecule has 1 aliphatic heterocycles. The van der Waals surface area contributed by atoms with Crippen LogP contribution in [-0.2, 0) is 14.3 Å². The Kier molecular flexibility index (Phi) is 3.34. The maximum absolute atomic E-state index is 12.0. The zero-order valence-corrected chi connectivity index (χ0v) is 9.32. The Hall–Kier alpha value is -1.10. The number of rotatable bonds is 2. The summed E-state index contributed by atoms with van der Waals surface area (Å²) in [5.74, 6) is -1.43. The van der Waals surface area contributed by atoms with Crippen molar-refractivity contribution in [1.82, 2.24) is 4.90 Å². The molecule has 0 aromatic rings. The number of carboxylic acids is 1. The Labute approximate surface area is 89.0 Å². The van der Waals surface area contributed by atoms with Gasteiger partial charge in [0.2, 0.25) is 5.91 Å². The van der Waals surface area contributed by atoms with Crippen LogP contribution in [0.4, 0.5) is 0 Å². The molecule has 1 amide bonds. The van der Waals surface area contributed by atoms with Gasteiger partial charge >= 0.3 is 5.97 Å². The van der Waals surface area contributed by atoms with Gasteiger partial charge in [-0.3, -0.25) is 9.59 Å². The minimum Gasteiger partial charge on any atom is -0.480 e. The maximum atomic E-state index is 12.0. The lowest BCUT2D eigenvalue weighted by Gasteiger charge is -2.37. The molecule has 5 heteroatoms. The van der Waals surface area contributed by atoms with Crippen molar-refractivity contribution in [2.75, 3.05) is 19.8 Å². The summed E-state index contributed by atoms with van der Waals surface area (Å²) in [6, 6.07) is -0.0510. The molecule has 0 aromatic carbocycles. The van der Waals surface area contributed by atoms with Crippen LogP contribution < -0.4 is 0 Å². The molecule has 1 atom stereocenters. The summed E-state index contributed by atoms with van der Waals surface area (Å²) >= 11 is 0. The predicted molar refractivity (Wildman–Crippen MR) is 53.4 cm³/mol. The molecule has 0 bridgehead atoms. The number of hydrogen-bond acceptors (Lipinski definition) is 3. The fraction of sp³-hybridized carbons (Fsp3) is 0.800. The number of carbonyl (C=O) groups excluding carboxylic acids is 1. The van der Waals surface area contributed by atoms with Crippen LogP contribution in [0.25, 0.3) is 0 Å². The van der Waals surface area contributed by atoms with Crippen LogP contribution in [0.1, 0.15) is 20.8 Å². The van der Waals surface area contributed by atoms with Gasteiger partial charge in [-0.15, -0.1) is 0 Å². The van der Waals surface area contributed by atoms with Gasteiger partial charge < -0.3 is 14.7 Å². The second-order valence-corrected chi connectivity index (χ2v) is 4.35. The first-order valence-electron chi connectivity index (χ1n) is 4.99. The highest BCUT2D eigenvalue weighted by Gasteiger charge is 2.41. The van der Waals surface area contributed by atoms with Crippen LogP contribution in [0, 0.1) is 5.41 Å². The maximum Gasteiger partial charge on any atom is 0.318 e. The van der Waals surface area contributed by atoms with E-state index in [-0.39, 0.29) is 11.9 Å². The van der Waals surface area contributed by atoms with Gasteiger partial charge in [-0.25, -0.2) is 0 Å². The highest BCUT2D eigenvalue weighted by atomic mass is 16.5. The van der Waals surface area contributed by atoms with Gasteiger partial charge in [-0.2, -0.15) is 0 Å². The number of carboxylic acid groups (broad SMARTS) is 1. The quantitative estimate of drug-likeness (QED) is 0.675. The van der Waals surface area contributed by atoms with E-state index < -0.39 is 11.4 Å². The van der Waals surface area contributed by atoms with Crippen molar-refractivity contribution in [3.8, 4) is 0 Å². The largest absolute Gasteiger partial charge is 0.480 e. The minimum absolute atomic E-state index is 0.0510. The molecule has 0 spiro atoms. The first-order valence-corrected chi connectivity index (χ1v) is 4.99. The summed E-state index contributed by atoms with van der Waals surface area (Å²) in [6.07, 6.45) is 0. The third kappa shape index (κ3) is 2.28. The SMILES string of the molecule is CC1COCCN1C(=O)C(C)(C)C(=O)O. The Bertz CT molecular complexity index is 275. The molecule has 86 valence electrons. The lowest BCUT2D eigenvalue weighted by atomic mass is 9.91. The molecule has 1 saturated heterocycles. The summed E-state index contributed by atoms with van der Waals surface area (Å²) in [4.78, 5) is 24.5. The first kappa shape index (κ1) is 12.0. The number of amides is 1. The van der Waals surface area contributed by atoms with E-state index in [4.69, 9.17) is 9.84 Å². The van der Waals surface area contributed by atoms with Crippen LogP contribution in [0.2, 0.25) is 0 Å². The standard InChI is InChI=1S/C10H17NO4/c1-7-6-15-5-4-11(7)8(12)10(2,3)9(13)14/h7H,4-6H2,1-3H3,(H,13,14). The van der Waals surface area contributed by atoms with E-state index in [1.807, 2.05) is 6.92 Å². The highest BCUT2D eigenvalue weighted by molar-refractivity contribution is 6.01. The van der Waals surface area contributed by atoms with Crippen LogP contribution in [0.3, 0.4) is 0 Å². The smallest absolute Gasteiger partial charge is 0.318 e. The second-order valence-electron chi connectivity index (χ2n) is 4.35. The molecule has 0 aromatic heterocycles. The van der Waals surface area contributed by atoms with Crippen molar-refractivity contribution in [3.05, 3.63) is 0 Å². The lowest BCUT2D eigenvalue weighted by Crippen LogP contribution is -2.53. The van der Waals surface area contributed by atoms with E-state index in [0.29, 0.717) is 19.8 Å². The topological polar surface area (TPSA) is 66.8 Å². The van der Waals surface area contributed by atoms with Crippen molar-refractivity contribution >= 4 is 11.9 Å². The fourth-order valence-corrected chi connectivity index (χ4v) is 1.48. The van der Waals surface area contributed by atoms with E-state index in [0.717, 1.165) is 0 Å². The molecular weight excluding hydrogens is 198 g/mol. The van der Waals surface area contributed by atoms with E-state index in [2.05, 4.69) is 0 Å². The average Bonchev–Trinajstić information content (AvgIpc) is 2.17. The monoisotopic (exact) mass is 215 g/mol. The van der Waals surface area contributed by atoms with Crippen LogP contribution in [0.15, 0.2) is 0 Å². The Morgan fingerprint density at radius 2 is 2.07 bits per heavy atom. The molecule has 0 aliphatic carbocycles. The molecule has 0 saturated carbocycles. The summed E-state index contributed by atoms with van der Waals surface area (Å²) < 4.78 is 5.19. The van der Waals surface area contributed by atoms with Gasteiger partial charge in [0, 0.05) is 6.54 Å². The molecule has 15 heavy (non-hydrogen) atoms. The van der Waals surface area contributed by atoms with Crippen molar-refractivity contribution in [3.63, 3.8) is 0 Å². The van der Waals surface area contributed by atoms with Gasteiger partial charge in [0.05, 0.1) is 19.3 Å². The van der Waals surface area contributed by atoms with Crippen LogP contribution in [0.5, 0.6) is 0 Å². The van der Waals surface area contributed by atoms with Crippen molar-refractivity contribution in [2.24, 2.45) is 5.41 Å². The van der Waals surface area contributed by atoms with Gasteiger partial charge in [0.15, 0.2) is 0 Å². The summed E-state index contributed by atoms with van der Waals surface area (Å²) in [6.45, 7) is 6.14. The third-order valence-electron chi connectivity index (χ3n) is 2.70. The van der Waals surface area contributed by atoms with Gasteiger partial charge in [-0.1, -0.05) is 0 Å². The second kappa shape index (κ2) is 4.18. The first-order chi connectivity index (χ1) is 6.87. The number of ether oxygens (including phenoxy) is 1. The zero-order chi connectivity index (χ0) is 11.6. The van der Waals surface area contributed by atoms with Gasteiger partial charge in [-0.05, 0) is 20.8 Å². The molecule has 0 radical (unpaired) electrons. The van der Waals surface area contributed by atoms with E-state index in [9.17, 15) is 9.59 Å². The lowest BCUT2D eigenvalue weighted by molar-refractivity contribution is -0.162. The molecular formula is C10H17NO4. The summed E-state index contributed by atoms with van der Waals surface area (Å²) in [5, 5.41) is 8.95. The molecule has 1 N–H and O–H groups in total. The van der Waals surface area contributed by atoms with E-state index in [1.165, 1.54) is 13.8 Å². The van der Waals surface area contributed by atoms with Gasteiger partial charge in [0.1, 0.15) is 5.41 Å². The molecule has 1 unspecified atom stereocenters. The number of carbonyl (C=O) groups is 2. The highest BCUT2D eigenvalue weighted by Crippen LogP contribution is 2.21. The molecule has 1 aliphatic rings. The molecule has 1 heterocycles. The summed E-state index contributed by atoms with van der Waals surface area (Å²) in [5.41, 5.74) is -1.36. The minimum atomic E-state index is -1.36. The normalized spacial score (nSPS) is 22.6. The van der Waals surface area contributed by atoms with Crippen LogP contribution >= 0.6 is 0 Å². The van der Waals surface area contributed by atoms with E-state index >= 15 is 0 Å². The Balaban J connectivity index is 2.78. The van der Waals surface area contributed by atoms with E-state index in [1.54, 1.807) is 4.90 Å². The van der Waals surface area contributed by atoms with Gasteiger partial charge in [0.25, 0.3) is 0 Å². The third-order valence-corrected chi connectivity index (χ3v) is 2.70. The predicted octanol–water partition coefficient (Wildman–Crippen LogP) is 0.344. The van der Waals surface area contributed by atoms with Crippen molar-refractivity contribution < 1.29 is 19.4 Å². The summed E-state index contributed by atoms with van der Waals surface area (Å²) in [7, 11) is 0. The zero-order valence-electron chi connectivity index (χ0n) is 9.32.